The summed E-state index contributed by atoms with van der Waals surface area (Å²) >= 11 is 1.60. The topological polar surface area (TPSA) is 51.0 Å². The summed E-state index contributed by atoms with van der Waals surface area (Å²) in [7, 11) is 0. The van der Waals surface area contributed by atoms with E-state index in [1.54, 1.807) is 11.3 Å². The molecule has 1 amide bonds. The predicted octanol–water partition coefficient (Wildman–Crippen LogP) is 3.44. The second kappa shape index (κ2) is 6.73. The first-order chi connectivity index (χ1) is 11.8. The van der Waals surface area contributed by atoms with E-state index in [2.05, 4.69) is 10.1 Å². The number of likely N-dealkylation sites (tertiary alicyclic amines) is 1. The van der Waals surface area contributed by atoms with Gasteiger partial charge in [-0.3, -0.25) is 9.48 Å². The van der Waals surface area contributed by atoms with Gasteiger partial charge >= 0.3 is 0 Å². The second-order valence-electron chi connectivity index (χ2n) is 6.33. The van der Waals surface area contributed by atoms with Crippen molar-refractivity contribution in [2.45, 2.75) is 25.8 Å². The van der Waals surface area contributed by atoms with Crippen LogP contribution < -0.4 is 0 Å². The van der Waals surface area contributed by atoms with Gasteiger partial charge in [-0.2, -0.15) is 5.10 Å². The third kappa shape index (κ3) is 3.19. The Morgan fingerprint density at radius 1 is 1.29 bits per heavy atom. The monoisotopic (exact) mass is 340 g/mol. The van der Waals surface area contributed by atoms with Gasteiger partial charge in [0.2, 0.25) is 0 Å². The number of carbonyl (C=O) groups excluding carboxylic acids is 1. The molecule has 0 bridgehead atoms. The summed E-state index contributed by atoms with van der Waals surface area (Å²) in [6.07, 6.45) is 7.11. The Morgan fingerprint density at radius 2 is 2.17 bits per heavy atom. The van der Waals surface area contributed by atoms with Crippen LogP contribution in [0.4, 0.5) is 0 Å². The minimum Gasteiger partial charge on any atom is -0.339 e. The number of thiazole rings is 1. The number of fused-ring (bicyclic) bond motifs is 1. The molecule has 1 aliphatic rings. The van der Waals surface area contributed by atoms with Crippen molar-refractivity contribution in [3.05, 3.63) is 47.7 Å². The number of nitrogens with zero attached hydrogens (tertiary/aromatic N) is 4. The van der Waals surface area contributed by atoms with Crippen molar-refractivity contribution < 1.29 is 4.79 Å². The molecule has 0 atom stereocenters. The van der Waals surface area contributed by atoms with E-state index in [1.165, 1.54) is 0 Å². The van der Waals surface area contributed by atoms with E-state index >= 15 is 0 Å². The van der Waals surface area contributed by atoms with Crippen LogP contribution in [0.3, 0.4) is 0 Å². The molecule has 0 radical (unpaired) electrons. The molecular formula is C18H20N4OS. The number of hydrogen-bond donors (Lipinski definition) is 0. The van der Waals surface area contributed by atoms with E-state index < -0.39 is 0 Å². The summed E-state index contributed by atoms with van der Waals surface area (Å²) in [6.45, 7) is 2.65. The Morgan fingerprint density at radius 3 is 2.96 bits per heavy atom. The second-order valence-corrected chi connectivity index (χ2v) is 7.21. The normalized spacial score (nSPS) is 15.9. The van der Waals surface area contributed by atoms with Crippen LogP contribution in [-0.4, -0.2) is 38.7 Å². The molecule has 0 aliphatic carbocycles. The highest BCUT2D eigenvalue weighted by molar-refractivity contribution is 7.16. The predicted molar refractivity (Wildman–Crippen MR) is 95.1 cm³/mol. The number of aromatic nitrogens is 3. The number of aryl methyl sites for hydroxylation is 1. The fraction of sp³-hybridized carbons (Fsp3) is 0.389. The van der Waals surface area contributed by atoms with Crippen LogP contribution in [0.5, 0.6) is 0 Å². The van der Waals surface area contributed by atoms with Crippen LogP contribution in [-0.2, 0) is 6.54 Å². The largest absolute Gasteiger partial charge is 0.339 e. The van der Waals surface area contributed by atoms with Gasteiger partial charge in [0.25, 0.3) is 5.91 Å². The van der Waals surface area contributed by atoms with Crippen molar-refractivity contribution in [2.75, 3.05) is 13.1 Å². The first-order valence-electron chi connectivity index (χ1n) is 8.39. The summed E-state index contributed by atoms with van der Waals surface area (Å²) in [4.78, 5) is 19.0. The van der Waals surface area contributed by atoms with E-state index in [4.69, 9.17) is 0 Å². The highest BCUT2D eigenvalue weighted by atomic mass is 32.1. The average molecular weight is 340 g/mol. The number of amides is 1. The van der Waals surface area contributed by atoms with E-state index in [0.717, 1.165) is 54.7 Å². The van der Waals surface area contributed by atoms with Crippen molar-refractivity contribution in [1.82, 2.24) is 19.7 Å². The van der Waals surface area contributed by atoms with E-state index in [-0.39, 0.29) is 5.91 Å². The smallest absolute Gasteiger partial charge is 0.253 e. The van der Waals surface area contributed by atoms with E-state index in [9.17, 15) is 4.79 Å². The molecule has 0 unspecified atom stereocenters. The van der Waals surface area contributed by atoms with Crippen LogP contribution in [0.25, 0.3) is 10.2 Å². The highest BCUT2D eigenvalue weighted by Gasteiger charge is 2.23. The molecule has 2 aromatic heterocycles. The van der Waals surface area contributed by atoms with Gasteiger partial charge in [0.1, 0.15) is 0 Å². The van der Waals surface area contributed by atoms with Gasteiger partial charge < -0.3 is 4.90 Å². The highest BCUT2D eigenvalue weighted by Crippen LogP contribution is 2.24. The molecule has 3 heterocycles. The van der Waals surface area contributed by atoms with Gasteiger partial charge in [0.05, 0.1) is 15.7 Å². The summed E-state index contributed by atoms with van der Waals surface area (Å²) in [6, 6.07) is 7.79. The first kappa shape index (κ1) is 15.3. The Bertz CT molecular complexity index is 819. The van der Waals surface area contributed by atoms with E-state index in [0.29, 0.717) is 5.92 Å². The standard InChI is InChI=1S/C18H20N4OS/c23-18(15-2-3-17-16(12-15)19-13-24-17)21-9-4-14(5-10-21)6-11-22-8-1-7-20-22/h1-3,7-8,12-14H,4-6,9-11H2. The number of carbonyl (C=O) groups is 1. The molecule has 0 spiro atoms. The zero-order valence-electron chi connectivity index (χ0n) is 13.5. The van der Waals surface area contributed by atoms with E-state index in [1.807, 2.05) is 51.8 Å². The summed E-state index contributed by atoms with van der Waals surface area (Å²) in [5, 5.41) is 4.25. The number of rotatable bonds is 4. The Balaban J connectivity index is 1.33. The molecule has 6 heteroatoms. The minimum absolute atomic E-state index is 0.135. The van der Waals surface area contributed by atoms with Crippen molar-refractivity contribution in [1.29, 1.82) is 0 Å². The van der Waals surface area contributed by atoms with Gasteiger partial charge in [0.15, 0.2) is 0 Å². The minimum atomic E-state index is 0.135. The maximum Gasteiger partial charge on any atom is 0.253 e. The van der Waals surface area contributed by atoms with Gasteiger partial charge in [-0.25, -0.2) is 4.98 Å². The number of piperidine rings is 1. The molecule has 4 rings (SSSR count). The maximum atomic E-state index is 12.7. The fourth-order valence-corrected chi connectivity index (χ4v) is 4.00. The van der Waals surface area contributed by atoms with Crippen LogP contribution in [0.2, 0.25) is 0 Å². The molecule has 124 valence electrons. The third-order valence-electron chi connectivity index (χ3n) is 4.80. The molecule has 1 aliphatic heterocycles. The van der Waals surface area contributed by atoms with Crippen LogP contribution in [0.15, 0.2) is 42.2 Å². The van der Waals surface area contributed by atoms with Crippen LogP contribution in [0.1, 0.15) is 29.6 Å². The molecule has 1 saturated heterocycles. The summed E-state index contributed by atoms with van der Waals surface area (Å²) < 4.78 is 3.12. The fourth-order valence-electron chi connectivity index (χ4n) is 3.35. The SMILES string of the molecule is O=C(c1ccc2scnc2c1)N1CCC(CCn2cccn2)CC1. The van der Waals surface area contributed by atoms with Gasteiger partial charge in [0, 0.05) is 37.6 Å². The molecular weight excluding hydrogens is 320 g/mol. The van der Waals surface area contributed by atoms with Crippen molar-refractivity contribution >= 4 is 27.5 Å². The third-order valence-corrected chi connectivity index (χ3v) is 5.61. The molecule has 1 fully saturated rings. The lowest BCUT2D eigenvalue weighted by Crippen LogP contribution is -2.38. The van der Waals surface area contributed by atoms with Crippen molar-refractivity contribution in [3.8, 4) is 0 Å². The zero-order valence-corrected chi connectivity index (χ0v) is 14.3. The summed E-state index contributed by atoms with van der Waals surface area (Å²) in [5.74, 6) is 0.815. The Labute approximate surface area is 144 Å². The molecule has 3 aromatic rings. The van der Waals surface area contributed by atoms with Gasteiger partial charge in [-0.05, 0) is 49.4 Å². The van der Waals surface area contributed by atoms with Gasteiger partial charge in [-0.1, -0.05) is 0 Å². The van der Waals surface area contributed by atoms with Gasteiger partial charge in [-0.15, -0.1) is 11.3 Å². The Kier molecular flexibility index (Phi) is 4.30. The van der Waals surface area contributed by atoms with Crippen LogP contribution >= 0.6 is 11.3 Å². The molecule has 5 nitrogen and oxygen atoms in total. The quantitative estimate of drug-likeness (QED) is 0.731. The molecule has 0 saturated carbocycles. The Hall–Kier alpha value is -2.21. The lowest BCUT2D eigenvalue weighted by atomic mass is 9.93. The van der Waals surface area contributed by atoms with Crippen LogP contribution in [0, 0.1) is 5.92 Å². The molecule has 0 N–H and O–H groups in total. The summed E-state index contributed by atoms with van der Waals surface area (Å²) in [5.41, 5.74) is 3.49. The molecule has 1 aromatic carbocycles. The maximum absolute atomic E-state index is 12.7. The van der Waals surface area contributed by atoms with Crippen molar-refractivity contribution in [3.63, 3.8) is 0 Å². The number of benzene rings is 1. The number of hydrogen-bond acceptors (Lipinski definition) is 4. The van der Waals surface area contributed by atoms with Crippen molar-refractivity contribution in [2.24, 2.45) is 5.92 Å². The first-order valence-corrected chi connectivity index (χ1v) is 9.27. The zero-order chi connectivity index (χ0) is 16.4. The average Bonchev–Trinajstić information content (AvgIpc) is 3.30. The lowest BCUT2D eigenvalue weighted by molar-refractivity contribution is 0.0684. The lowest BCUT2D eigenvalue weighted by Gasteiger charge is -2.32. The molecule has 24 heavy (non-hydrogen) atoms.